The highest BCUT2D eigenvalue weighted by molar-refractivity contribution is 6.42. The highest BCUT2D eigenvalue weighted by Crippen LogP contribution is 2.25. The third kappa shape index (κ3) is 4.06. The average molecular weight is 378 g/mol. The van der Waals surface area contributed by atoms with Crippen LogP contribution in [0.1, 0.15) is 5.56 Å². The smallest absolute Gasteiger partial charge is 0.324 e. The number of hydrogen-bond donors (Lipinski definition) is 1. The van der Waals surface area contributed by atoms with Crippen molar-refractivity contribution in [2.75, 3.05) is 29.9 Å². The first-order chi connectivity index (χ1) is 11.9. The molecule has 5 nitrogen and oxygen atoms in total. The summed E-state index contributed by atoms with van der Waals surface area (Å²) >= 11 is 11.8. The molecule has 7 heteroatoms. The van der Waals surface area contributed by atoms with Gasteiger partial charge < -0.3 is 10.2 Å². The quantitative estimate of drug-likeness (QED) is 0.868. The third-order valence-corrected chi connectivity index (χ3v) is 4.72. The molecule has 2 aromatic rings. The number of aryl methyl sites for hydroxylation is 1. The van der Waals surface area contributed by atoms with Crippen LogP contribution < -0.4 is 10.2 Å². The van der Waals surface area contributed by atoms with Crippen LogP contribution in [0.15, 0.2) is 42.5 Å². The largest absolute Gasteiger partial charge is 0.325 e. The van der Waals surface area contributed by atoms with Gasteiger partial charge in [0.15, 0.2) is 0 Å². The minimum Gasteiger partial charge on any atom is -0.324 e. The van der Waals surface area contributed by atoms with Crippen LogP contribution in [0.3, 0.4) is 0 Å². The van der Waals surface area contributed by atoms with Crippen LogP contribution in [0.25, 0.3) is 0 Å². The van der Waals surface area contributed by atoms with Crippen LogP contribution in [0.5, 0.6) is 0 Å². The Kier molecular flexibility index (Phi) is 5.16. The molecule has 1 fully saturated rings. The number of amides is 3. The van der Waals surface area contributed by atoms with E-state index < -0.39 is 0 Å². The zero-order valence-electron chi connectivity index (χ0n) is 13.6. The number of nitrogens with one attached hydrogen (secondary N) is 1. The molecule has 2 aromatic carbocycles. The second-order valence-corrected chi connectivity index (χ2v) is 6.68. The molecule has 0 unspecified atom stereocenters. The van der Waals surface area contributed by atoms with Gasteiger partial charge in [0.05, 0.1) is 10.0 Å². The standard InChI is InChI=1S/C18H17Cl2N3O2/c1-12-2-5-14(6-3-12)23-9-8-22(18(23)25)11-17(24)21-13-4-7-15(19)16(20)10-13/h2-7,10H,8-9,11H2,1H3,(H,21,24). The summed E-state index contributed by atoms with van der Waals surface area (Å²) in [4.78, 5) is 27.9. The Morgan fingerprint density at radius 1 is 1.08 bits per heavy atom. The van der Waals surface area contributed by atoms with Crippen LogP contribution >= 0.6 is 23.2 Å². The van der Waals surface area contributed by atoms with Gasteiger partial charge in [-0.05, 0) is 37.3 Å². The van der Waals surface area contributed by atoms with Crippen molar-refractivity contribution in [3.05, 3.63) is 58.1 Å². The number of carbonyl (C=O) groups excluding carboxylic acids is 2. The van der Waals surface area contributed by atoms with E-state index in [4.69, 9.17) is 23.2 Å². The molecule has 1 aliphatic heterocycles. The van der Waals surface area contributed by atoms with E-state index in [1.165, 1.54) is 4.90 Å². The second kappa shape index (κ2) is 7.33. The molecule has 1 N–H and O–H groups in total. The van der Waals surface area contributed by atoms with Crippen molar-refractivity contribution in [2.24, 2.45) is 0 Å². The molecule has 0 spiro atoms. The Hall–Kier alpha value is -2.24. The summed E-state index contributed by atoms with van der Waals surface area (Å²) in [5.74, 6) is -0.280. The molecule has 3 amide bonds. The van der Waals surface area contributed by atoms with Gasteiger partial charge in [0.2, 0.25) is 5.91 Å². The number of benzene rings is 2. The summed E-state index contributed by atoms with van der Waals surface area (Å²) in [6.07, 6.45) is 0. The van der Waals surface area contributed by atoms with Gasteiger partial charge in [-0.15, -0.1) is 0 Å². The van der Waals surface area contributed by atoms with E-state index in [9.17, 15) is 9.59 Å². The Morgan fingerprint density at radius 3 is 2.48 bits per heavy atom. The monoisotopic (exact) mass is 377 g/mol. The Labute approximate surface area is 156 Å². The first-order valence-electron chi connectivity index (χ1n) is 7.82. The lowest BCUT2D eigenvalue weighted by atomic mass is 10.2. The number of hydrogen-bond acceptors (Lipinski definition) is 2. The van der Waals surface area contributed by atoms with E-state index in [1.54, 1.807) is 23.1 Å². The van der Waals surface area contributed by atoms with Crippen LogP contribution in [0.4, 0.5) is 16.2 Å². The molecule has 0 atom stereocenters. The zero-order chi connectivity index (χ0) is 18.0. The molecule has 0 aromatic heterocycles. The SMILES string of the molecule is Cc1ccc(N2CCN(CC(=O)Nc3ccc(Cl)c(Cl)c3)C2=O)cc1. The van der Waals surface area contributed by atoms with Crippen molar-refractivity contribution in [2.45, 2.75) is 6.92 Å². The fourth-order valence-corrected chi connectivity index (χ4v) is 2.94. The Bertz CT molecular complexity index is 808. The van der Waals surface area contributed by atoms with Gasteiger partial charge in [-0.1, -0.05) is 40.9 Å². The van der Waals surface area contributed by atoms with Gasteiger partial charge in [0.25, 0.3) is 0 Å². The van der Waals surface area contributed by atoms with E-state index in [-0.39, 0.29) is 18.5 Å². The predicted octanol–water partition coefficient (Wildman–Crippen LogP) is 4.18. The number of nitrogens with zero attached hydrogens (tertiary/aromatic N) is 2. The topological polar surface area (TPSA) is 52.6 Å². The fraction of sp³-hybridized carbons (Fsp3) is 0.222. The van der Waals surface area contributed by atoms with Crippen LogP contribution in [-0.4, -0.2) is 36.5 Å². The summed E-state index contributed by atoms with van der Waals surface area (Å²) in [6.45, 7) is 3.04. The van der Waals surface area contributed by atoms with E-state index in [2.05, 4.69) is 5.32 Å². The summed E-state index contributed by atoms with van der Waals surface area (Å²) in [5, 5.41) is 3.51. The Morgan fingerprint density at radius 2 is 1.80 bits per heavy atom. The molecular formula is C18H17Cl2N3O2. The summed E-state index contributed by atoms with van der Waals surface area (Å²) < 4.78 is 0. The molecular weight excluding hydrogens is 361 g/mol. The lowest BCUT2D eigenvalue weighted by molar-refractivity contribution is -0.116. The first-order valence-corrected chi connectivity index (χ1v) is 8.57. The van der Waals surface area contributed by atoms with Crippen molar-refractivity contribution in [3.63, 3.8) is 0 Å². The molecule has 0 bridgehead atoms. The van der Waals surface area contributed by atoms with Crippen LogP contribution in [-0.2, 0) is 4.79 Å². The number of rotatable bonds is 4. The van der Waals surface area contributed by atoms with Crippen molar-refractivity contribution in [1.29, 1.82) is 0 Å². The fourth-order valence-electron chi connectivity index (χ4n) is 2.64. The molecule has 1 aliphatic rings. The van der Waals surface area contributed by atoms with Gasteiger partial charge in [-0.3, -0.25) is 9.69 Å². The maximum Gasteiger partial charge on any atom is 0.325 e. The molecule has 3 rings (SSSR count). The van der Waals surface area contributed by atoms with Crippen molar-refractivity contribution < 1.29 is 9.59 Å². The third-order valence-electron chi connectivity index (χ3n) is 3.98. The minimum atomic E-state index is -0.280. The molecule has 25 heavy (non-hydrogen) atoms. The number of halogens is 2. The number of urea groups is 1. The van der Waals surface area contributed by atoms with E-state index >= 15 is 0 Å². The summed E-state index contributed by atoms with van der Waals surface area (Å²) in [6, 6.07) is 12.4. The molecule has 0 radical (unpaired) electrons. The van der Waals surface area contributed by atoms with Crippen LogP contribution in [0, 0.1) is 6.92 Å². The predicted molar refractivity (Wildman–Crippen MR) is 101 cm³/mol. The molecule has 1 heterocycles. The van der Waals surface area contributed by atoms with Gasteiger partial charge in [-0.2, -0.15) is 0 Å². The summed E-state index contributed by atoms with van der Waals surface area (Å²) in [5.41, 5.74) is 2.51. The zero-order valence-corrected chi connectivity index (χ0v) is 15.1. The maximum atomic E-state index is 12.5. The van der Waals surface area contributed by atoms with E-state index in [0.717, 1.165) is 11.3 Å². The van der Waals surface area contributed by atoms with Crippen molar-refractivity contribution >= 4 is 46.5 Å². The number of carbonyl (C=O) groups is 2. The molecule has 0 aliphatic carbocycles. The van der Waals surface area contributed by atoms with Crippen molar-refractivity contribution in [3.8, 4) is 0 Å². The molecule has 130 valence electrons. The minimum absolute atomic E-state index is 0.0125. The Balaban J connectivity index is 1.61. The highest BCUT2D eigenvalue weighted by atomic mass is 35.5. The summed E-state index contributed by atoms with van der Waals surface area (Å²) in [7, 11) is 0. The van der Waals surface area contributed by atoms with E-state index in [1.807, 2.05) is 31.2 Å². The normalized spacial score (nSPS) is 14.1. The maximum absolute atomic E-state index is 12.5. The van der Waals surface area contributed by atoms with E-state index in [0.29, 0.717) is 28.8 Å². The first kappa shape index (κ1) is 17.6. The highest BCUT2D eigenvalue weighted by Gasteiger charge is 2.30. The lowest BCUT2D eigenvalue weighted by Crippen LogP contribution is -2.37. The van der Waals surface area contributed by atoms with Gasteiger partial charge >= 0.3 is 6.03 Å². The van der Waals surface area contributed by atoms with Crippen molar-refractivity contribution in [1.82, 2.24) is 4.90 Å². The lowest BCUT2D eigenvalue weighted by Gasteiger charge is -2.18. The van der Waals surface area contributed by atoms with Gasteiger partial charge in [-0.25, -0.2) is 4.79 Å². The average Bonchev–Trinajstić information content (AvgIpc) is 2.93. The van der Waals surface area contributed by atoms with Gasteiger partial charge in [0, 0.05) is 24.5 Å². The second-order valence-electron chi connectivity index (χ2n) is 5.87. The molecule has 1 saturated heterocycles. The van der Waals surface area contributed by atoms with Gasteiger partial charge in [0.1, 0.15) is 6.54 Å². The number of anilines is 2. The van der Waals surface area contributed by atoms with Crippen LogP contribution in [0.2, 0.25) is 10.0 Å². The molecule has 0 saturated carbocycles.